The van der Waals surface area contributed by atoms with Crippen molar-refractivity contribution in [2.45, 2.75) is 37.7 Å². The first kappa shape index (κ1) is 12.9. The molecule has 0 aliphatic carbocycles. The number of ether oxygens (including phenoxy) is 1. The molecule has 0 bridgehead atoms. The molecule has 0 amide bonds. The highest BCUT2D eigenvalue weighted by Gasteiger charge is 2.18. The third kappa shape index (κ3) is 3.70. The van der Waals surface area contributed by atoms with Gasteiger partial charge in [0.15, 0.2) is 0 Å². The lowest BCUT2D eigenvalue weighted by Gasteiger charge is -2.17. The molecule has 2 unspecified atom stereocenters. The monoisotopic (exact) mass is 254 g/mol. The first-order valence-corrected chi connectivity index (χ1v) is 6.65. The van der Waals surface area contributed by atoms with Crippen LogP contribution in [0, 0.1) is 0 Å². The number of halogens is 1. The Morgan fingerprint density at radius 1 is 1.47 bits per heavy atom. The van der Waals surface area contributed by atoms with Gasteiger partial charge in [-0.2, -0.15) is 0 Å². The molecule has 0 radical (unpaired) electrons. The van der Waals surface area contributed by atoms with Crippen molar-refractivity contribution in [3.63, 3.8) is 0 Å². The summed E-state index contributed by atoms with van der Waals surface area (Å²) in [5.74, 6) is 0.179. The molecule has 1 aromatic rings. The first-order valence-electron chi connectivity index (χ1n) is 6.27. The molecule has 0 saturated carbocycles. The van der Waals surface area contributed by atoms with Crippen LogP contribution in [-0.2, 0) is 4.74 Å². The summed E-state index contributed by atoms with van der Waals surface area (Å²) >= 11 is 5.97. The Morgan fingerprint density at radius 3 is 3.00 bits per heavy atom. The number of rotatable bonds is 5. The Labute approximate surface area is 108 Å². The van der Waals surface area contributed by atoms with Crippen LogP contribution >= 0.6 is 11.6 Å². The fourth-order valence-corrected chi connectivity index (χ4v) is 2.58. The molecule has 17 heavy (non-hydrogen) atoms. The molecule has 2 nitrogen and oxygen atoms in total. The molecular formula is C14H19ClO2. The minimum absolute atomic E-state index is 0.174. The predicted octanol–water partition coefficient (Wildman–Crippen LogP) is 3.38. The number of aliphatic hydroxyl groups is 1. The zero-order valence-corrected chi connectivity index (χ0v) is 10.7. The molecule has 1 saturated heterocycles. The normalized spacial score (nSPS) is 21.6. The SMILES string of the molecule is OCC(CCC1CCCO1)c1cccc(Cl)c1. The summed E-state index contributed by atoms with van der Waals surface area (Å²) in [4.78, 5) is 0. The van der Waals surface area contributed by atoms with Gasteiger partial charge in [0, 0.05) is 24.2 Å². The molecule has 3 heteroatoms. The second-order valence-electron chi connectivity index (χ2n) is 4.65. The van der Waals surface area contributed by atoms with Crippen LogP contribution in [-0.4, -0.2) is 24.4 Å². The van der Waals surface area contributed by atoms with Gasteiger partial charge in [0.1, 0.15) is 0 Å². The van der Waals surface area contributed by atoms with Crippen molar-refractivity contribution in [2.24, 2.45) is 0 Å². The Bertz CT molecular complexity index is 348. The molecule has 2 rings (SSSR count). The molecule has 0 spiro atoms. The van der Waals surface area contributed by atoms with E-state index >= 15 is 0 Å². The lowest BCUT2D eigenvalue weighted by Crippen LogP contribution is -2.10. The molecule has 1 aromatic carbocycles. The number of benzene rings is 1. The van der Waals surface area contributed by atoms with Gasteiger partial charge < -0.3 is 9.84 Å². The van der Waals surface area contributed by atoms with E-state index in [1.54, 1.807) is 0 Å². The van der Waals surface area contributed by atoms with E-state index in [-0.39, 0.29) is 12.5 Å². The van der Waals surface area contributed by atoms with Crippen molar-refractivity contribution < 1.29 is 9.84 Å². The molecule has 94 valence electrons. The van der Waals surface area contributed by atoms with Gasteiger partial charge in [-0.25, -0.2) is 0 Å². The topological polar surface area (TPSA) is 29.5 Å². The molecule has 1 heterocycles. The van der Waals surface area contributed by atoms with Gasteiger partial charge in [0.05, 0.1) is 6.10 Å². The van der Waals surface area contributed by atoms with Crippen LogP contribution in [0.3, 0.4) is 0 Å². The van der Waals surface area contributed by atoms with E-state index in [9.17, 15) is 5.11 Å². The van der Waals surface area contributed by atoms with E-state index in [1.165, 1.54) is 6.42 Å². The van der Waals surface area contributed by atoms with Gasteiger partial charge in [-0.05, 0) is 43.4 Å². The number of aliphatic hydroxyl groups excluding tert-OH is 1. The minimum atomic E-state index is 0.174. The van der Waals surface area contributed by atoms with Crippen molar-refractivity contribution in [2.75, 3.05) is 13.2 Å². The Balaban J connectivity index is 1.91. The zero-order valence-electron chi connectivity index (χ0n) is 9.94. The van der Waals surface area contributed by atoms with Crippen LogP contribution in [0.15, 0.2) is 24.3 Å². The fourth-order valence-electron chi connectivity index (χ4n) is 2.38. The summed E-state index contributed by atoms with van der Waals surface area (Å²) in [7, 11) is 0. The molecule has 1 N–H and O–H groups in total. The smallest absolute Gasteiger partial charge is 0.0576 e. The molecule has 1 fully saturated rings. The summed E-state index contributed by atoms with van der Waals surface area (Å²) < 4.78 is 5.60. The maximum Gasteiger partial charge on any atom is 0.0576 e. The molecule has 1 aliphatic rings. The van der Waals surface area contributed by atoms with E-state index < -0.39 is 0 Å². The quantitative estimate of drug-likeness (QED) is 0.873. The highest BCUT2D eigenvalue weighted by Crippen LogP contribution is 2.26. The van der Waals surface area contributed by atoms with Crippen LogP contribution < -0.4 is 0 Å². The first-order chi connectivity index (χ1) is 8.29. The predicted molar refractivity (Wildman–Crippen MR) is 69.5 cm³/mol. The third-order valence-corrected chi connectivity index (χ3v) is 3.64. The van der Waals surface area contributed by atoms with Crippen molar-refractivity contribution in [1.82, 2.24) is 0 Å². The van der Waals surface area contributed by atoms with Crippen LogP contribution in [0.5, 0.6) is 0 Å². The summed E-state index contributed by atoms with van der Waals surface area (Å²) in [5, 5.41) is 10.2. The van der Waals surface area contributed by atoms with Gasteiger partial charge in [0.25, 0.3) is 0 Å². The van der Waals surface area contributed by atoms with E-state index in [0.29, 0.717) is 6.10 Å². The average Bonchev–Trinajstić information content (AvgIpc) is 2.83. The third-order valence-electron chi connectivity index (χ3n) is 3.40. The summed E-state index contributed by atoms with van der Waals surface area (Å²) in [6.45, 7) is 1.07. The molecule has 2 atom stereocenters. The molecule has 0 aromatic heterocycles. The highest BCUT2D eigenvalue weighted by atomic mass is 35.5. The van der Waals surface area contributed by atoms with Gasteiger partial charge in [-0.15, -0.1) is 0 Å². The van der Waals surface area contributed by atoms with Crippen molar-refractivity contribution in [3.8, 4) is 0 Å². The fraction of sp³-hybridized carbons (Fsp3) is 0.571. The van der Waals surface area contributed by atoms with E-state index in [4.69, 9.17) is 16.3 Å². The van der Waals surface area contributed by atoms with Crippen molar-refractivity contribution in [3.05, 3.63) is 34.9 Å². The second kappa shape index (κ2) is 6.39. The van der Waals surface area contributed by atoms with Gasteiger partial charge in [-0.3, -0.25) is 0 Å². The average molecular weight is 255 g/mol. The van der Waals surface area contributed by atoms with Crippen molar-refractivity contribution in [1.29, 1.82) is 0 Å². The van der Waals surface area contributed by atoms with E-state index in [0.717, 1.165) is 36.5 Å². The second-order valence-corrected chi connectivity index (χ2v) is 5.08. The van der Waals surface area contributed by atoms with E-state index in [2.05, 4.69) is 0 Å². The van der Waals surface area contributed by atoms with Gasteiger partial charge in [0.2, 0.25) is 0 Å². The standard InChI is InChI=1S/C14H19ClO2/c15-13-4-1-3-11(9-13)12(10-16)6-7-14-5-2-8-17-14/h1,3-4,9,12,14,16H,2,5-8,10H2. The van der Waals surface area contributed by atoms with E-state index in [1.807, 2.05) is 24.3 Å². The zero-order chi connectivity index (χ0) is 12.1. The Morgan fingerprint density at radius 2 is 2.35 bits per heavy atom. The summed E-state index contributed by atoms with van der Waals surface area (Å²) in [5.41, 5.74) is 1.12. The minimum Gasteiger partial charge on any atom is -0.396 e. The summed E-state index contributed by atoms with van der Waals surface area (Å²) in [6.07, 6.45) is 4.71. The van der Waals surface area contributed by atoms with Gasteiger partial charge in [-0.1, -0.05) is 23.7 Å². The largest absolute Gasteiger partial charge is 0.396 e. The Hall–Kier alpha value is -0.570. The molecule has 1 aliphatic heterocycles. The maximum atomic E-state index is 9.46. The van der Waals surface area contributed by atoms with Crippen LogP contribution in [0.2, 0.25) is 5.02 Å². The lowest BCUT2D eigenvalue weighted by molar-refractivity contribution is 0.0981. The van der Waals surface area contributed by atoms with Gasteiger partial charge >= 0.3 is 0 Å². The van der Waals surface area contributed by atoms with Crippen molar-refractivity contribution >= 4 is 11.6 Å². The Kier molecular flexibility index (Phi) is 4.84. The van der Waals surface area contributed by atoms with Crippen LogP contribution in [0.1, 0.15) is 37.2 Å². The highest BCUT2D eigenvalue weighted by molar-refractivity contribution is 6.30. The number of hydrogen-bond donors (Lipinski definition) is 1. The van der Waals surface area contributed by atoms with Crippen LogP contribution in [0.25, 0.3) is 0 Å². The van der Waals surface area contributed by atoms with Crippen LogP contribution in [0.4, 0.5) is 0 Å². The lowest BCUT2D eigenvalue weighted by atomic mass is 9.93. The maximum absolute atomic E-state index is 9.46. The summed E-state index contributed by atoms with van der Waals surface area (Å²) in [6, 6.07) is 7.77. The molecular weight excluding hydrogens is 236 g/mol. The number of hydrogen-bond acceptors (Lipinski definition) is 2.